The molecule has 1 aliphatic heterocycles. The summed E-state index contributed by atoms with van der Waals surface area (Å²) in [6, 6.07) is 15.7. The van der Waals surface area contributed by atoms with Gasteiger partial charge in [0.2, 0.25) is 10.0 Å². The quantitative estimate of drug-likeness (QED) is 0.710. The van der Waals surface area contributed by atoms with Crippen LogP contribution in [0, 0.1) is 19.8 Å². The normalized spacial score (nSPS) is 22.7. The van der Waals surface area contributed by atoms with Crippen LogP contribution in [0.3, 0.4) is 0 Å². The van der Waals surface area contributed by atoms with E-state index in [1.165, 1.54) is 11.1 Å². The molecule has 158 valence electrons. The van der Waals surface area contributed by atoms with Gasteiger partial charge in [0.05, 0.1) is 11.0 Å². The predicted octanol–water partition coefficient (Wildman–Crippen LogP) is 4.74. The minimum absolute atomic E-state index is 0.0727. The highest BCUT2D eigenvalue weighted by Gasteiger charge is 2.39. The molecule has 0 amide bonds. The van der Waals surface area contributed by atoms with E-state index in [9.17, 15) is 8.42 Å². The fourth-order valence-electron chi connectivity index (χ4n) is 4.15. The summed E-state index contributed by atoms with van der Waals surface area (Å²) in [6.07, 6.45) is 2.78. The van der Waals surface area contributed by atoms with Crippen LogP contribution in [0.2, 0.25) is 0 Å². The summed E-state index contributed by atoms with van der Waals surface area (Å²) in [5, 5.41) is 0. The van der Waals surface area contributed by atoms with Crippen LogP contribution in [0.25, 0.3) is 0 Å². The molecule has 1 N–H and O–H groups in total. The molecule has 2 aromatic rings. The first-order chi connectivity index (χ1) is 13.7. The summed E-state index contributed by atoms with van der Waals surface area (Å²) >= 11 is 0. The number of benzene rings is 2. The first-order valence-corrected chi connectivity index (χ1v) is 12.0. The molecule has 0 aliphatic carbocycles. The van der Waals surface area contributed by atoms with Crippen molar-refractivity contribution in [1.82, 2.24) is 4.72 Å². The molecule has 0 aromatic heterocycles. The average molecular weight is 416 g/mol. The molecule has 1 saturated heterocycles. The lowest BCUT2D eigenvalue weighted by Crippen LogP contribution is -2.43. The molecule has 3 rings (SSSR count). The highest BCUT2D eigenvalue weighted by Crippen LogP contribution is 2.41. The lowest BCUT2D eigenvalue weighted by atomic mass is 9.68. The van der Waals surface area contributed by atoms with Crippen LogP contribution >= 0.6 is 0 Å². The Kier molecular flexibility index (Phi) is 6.82. The predicted molar refractivity (Wildman–Crippen MR) is 118 cm³/mol. The van der Waals surface area contributed by atoms with Gasteiger partial charge >= 0.3 is 0 Å². The highest BCUT2D eigenvalue weighted by atomic mass is 32.2. The second-order valence-corrected chi connectivity index (χ2v) is 10.5. The number of ether oxygens (including phenoxy) is 1. The van der Waals surface area contributed by atoms with Crippen LogP contribution < -0.4 is 4.72 Å². The van der Waals surface area contributed by atoms with Crippen LogP contribution in [-0.2, 0) is 20.2 Å². The fraction of sp³-hybridized carbons (Fsp3) is 0.500. The van der Waals surface area contributed by atoms with E-state index < -0.39 is 10.0 Å². The van der Waals surface area contributed by atoms with Gasteiger partial charge in [-0.2, -0.15) is 0 Å². The van der Waals surface area contributed by atoms with E-state index in [2.05, 4.69) is 49.8 Å². The molecule has 1 heterocycles. The number of hydrogen-bond acceptors (Lipinski definition) is 3. The molecular weight excluding hydrogens is 382 g/mol. The first-order valence-electron chi connectivity index (χ1n) is 10.5. The van der Waals surface area contributed by atoms with Crippen molar-refractivity contribution in [2.45, 2.75) is 63.4 Å². The van der Waals surface area contributed by atoms with Crippen molar-refractivity contribution < 1.29 is 13.2 Å². The zero-order valence-electron chi connectivity index (χ0n) is 17.9. The van der Waals surface area contributed by atoms with Gasteiger partial charge in [0.15, 0.2) is 0 Å². The largest absolute Gasteiger partial charge is 0.378 e. The molecule has 0 spiro atoms. The monoisotopic (exact) mass is 415 g/mol. The van der Waals surface area contributed by atoms with Gasteiger partial charge < -0.3 is 4.74 Å². The average Bonchev–Trinajstić information content (AvgIpc) is 2.69. The van der Waals surface area contributed by atoms with E-state index in [1.807, 2.05) is 19.1 Å². The van der Waals surface area contributed by atoms with E-state index in [0.717, 1.165) is 24.8 Å². The van der Waals surface area contributed by atoms with Crippen LogP contribution in [0.15, 0.2) is 53.4 Å². The molecule has 0 bridgehead atoms. The van der Waals surface area contributed by atoms with E-state index in [4.69, 9.17) is 4.74 Å². The Hall–Kier alpha value is -1.69. The number of rotatable bonds is 7. The van der Waals surface area contributed by atoms with Crippen molar-refractivity contribution in [2.24, 2.45) is 5.92 Å². The van der Waals surface area contributed by atoms with Crippen LogP contribution in [0.4, 0.5) is 0 Å². The Balaban J connectivity index is 1.78. The summed E-state index contributed by atoms with van der Waals surface area (Å²) in [4.78, 5) is 0.319. The number of nitrogens with one attached hydrogen (secondary N) is 1. The summed E-state index contributed by atoms with van der Waals surface area (Å²) in [5.41, 5.74) is 3.49. The summed E-state index contributed by atoms with van der Waals surface area (Å²) in [6.45, 7) is 9.54. The lowest BCUT2D eigenvalue weighted by Gasteiger charge is -2.43. The van der Waals surface area contributed by atoms with Gasteiger partial charge in [-0.15, -0.1) is 0 Å². The van der Waals surface area contributed by atoms with Crippen molar-refractivity contribution in [3.05, 3.63) is 65.2 Å². The maximum Gasteiger partial charge on any atom is 0.240 e. The third-order valence-electron chi connectivity index (χ3n) is 6.14. The van der Waals surface area contributed by atoms with Crippen molar-refractivity contribution in [3.8, 4) is 0 Å². The number of hydrogen-bond donors (Lipinski definition) is 1. The minimum atomic E-state index is -3.50. The second-order valence-electron chi connectivity index (χ2n) is 8.71. The van der Waals surface area contributed by atoms with Crippen molar-refractivity contribution >= 4 is 10.0 Å². The molecule has 29 heavy (non-hydrogen) atoms. The molecule has 0 unspecified atom stereocenters. The Morgan fingerprint density at radius 2 is 1.62 bits per heavy atom. The topological polar surface area (TPSA) is 55.4 Å². The van der Waals surface area contributed by atoms with E-state index in [1.54, 1.807) is 12.1 Å². The first kappa shape index (κ1) is 22.0. The number of aryl methyl sites for hydroxylation is 2. The van der Waals surface area contributed by atoms with Gasteiger partial charge in [0.25, 0.3) is 0 Å². The van der Waals surface area contributed by atoms with Crippen LogP contribution in [0.5, 0.6) is 0 Å². The van der Waals surface area contributed by atoms with Gasteiger partial charge in [-0.05, 0) is 56.7 Å². The smallest absolute Gasteiger partial charge is 0.240 e. The maximum absolute atomic E-state index is 12.7. The molecule has 5 heteroatoms. The Labute approximate surface area is 175 Å². The zero-order valence-corrected chi connectivity index (χ0v) is 18.8. The van der Waals surface area contributed by atoms with Gasteiger partial charge in [-0.1, -0.05) is 61.4 Å². The third-order valence-corrected chi connectivity index (χ3v) is 7.62. The van der Waals surface area contributed by atoms with Gasteiger partial charge in [0, 0.05) is 18.6 Å². The van der Waals surface area contributed by atoms with Gasteiger partial charge in [0.1, 0.15) is 0 Å². The van der Waals surface area contributed by atoms with E-state index >= 15 is 0 Å². The minimum Gasteiger partial charge on any atom is -0.378 e. The molecule has 1 aliphatic rings. The van der Waals surface area contributed by atoms with E-state index in [0.29, 0.717) is 24.0 Å². The highest BCUT2D eigenvalue weighted by molar-refractivity contribution is 7.89. The molecule has 2 atom stereocenters. The summed E-state index contributed by atoms with van der Waals surface area (Å²) < 4.78 is 34.3. The van der Waals surface area contributed by atoms with Gasteiger partial charge in [-0.25, -0.2) is 13.1 Å². The maximum atomic E-state index is 12.7. The Morgan fingerprint density at radius 3 is 2.21 bits per heavy atom. The van der Waals surface area contributed by atoms with Crippen molar-refractivity contribution in [1.29, 1.82) is 0 Å². The van der Waals surface area contributed by atoms with Gasteiger partial charge in [-0.3, -0.25) is 0 Å². The standard InChI is InChI=1S/C24H33NO3S/c1-18(2)23-17-24(14-16-28-23,21-9-5-19(3)6-10-21)13-15-25-29(26,27)22-11-7-20(4)8-12-22/h5-12,18,23,25H,13-17H2,1-4H3/t23-,24-/m1/s1. The van der Waals surface area contributed by atoms with E-state index in [-0.39, 0.29) is 11.5 Å². The molecule has 0 radical (unpaired) electrons. The zero-order chi connectivity index (χ0) is 21.1. The summed E-state index contributed by atoms with van der Waals surface area (Å²) in [7, 11) is -3.50. The fourth-order valence-corrected chi connectivity index (χ4v) is 5.18. The Morgan fingerprint density at radius 1 is 1.03 bits per heavy atom. The molecule has 1 fully saturated rings. The molecule has 2 aromatic carbocycles. The summed E-state index contributed by atoms with van der Waals surface area (Å²) in [5.74, 6) is 0.435. The molecule has 4 nitrogen and oxygen atoms in total. The lowest BCUT2D eigenvalue weighted by molar-refractivity contribution is -0.0466. The second kappa shape index (κ2) is 8.99. The molecule has 0 saturated carbocycles. The van der Waals surface area contributed by atoms with Crippen molar-refractivity contribution in [2.75, 3.05) is 13.2 Å². The van der Waals surface area contributed by atoms with Crippen molar-refractivity contribution in [3.63, 3.8) is 0 Å². The SMILES string of the molecule is Cc1ccc([C@]2(CCNS(=O)(=O)c3ccc(C)cc3)CCO[C@@H](C(C)C)C2)cc1. The molecular formula is C24H33NO3S. The third kappa shape index (κ3) is 5.27. The number of sulfonamides is 1. The van der Waals surface area contributed by atoms with Crippen LogP contribution in [0.1, 0.15) is 49.8 Å². The Bertz CT molecular complexity index is 904. The van der Waals surface area contributed by atoms with Crippen LogP contribution in [-0.4, -0.2) is 27.7 Å².